The molecule has 0 saturated carbocycles. The first-order valence-electron chi connectivity index (χ1n) is 10.2. The molecule has 31 heavy (non-hydrogen) atoms. The van der Waals surface area contributed by atoms with Crippen LogP contribution in [0.1, 0.15) is 32.3 Å². The molecule has 0 spiro atoms. The van der Waals surface area contributed by atoms with Crippen LogP contribution in [0, 0.1) is 0 Å². The molecule has 0 heterocycles. The lowest BCUT2D eigenvalue weighted by atomic mass is 10.1. The predicted octanol–water partition coefficient (Wildman–Crippen LogP) is 4.82. The molecule has 1 atom stereocenters. The third-order valence-corrected chi connectivity index (χ3v) is 5.55. The highest BCUT2D eigenvalue weighted by Gasteiger charge is 2.28. The van der Waals surface area contributed by atoms with Gasteiger partial charge >= 0.3 is 0 Å². The molecule has 0 unspecified atom stereocenters. The van der Waals surface area contributed by atoms with Crippen LogP contribution in [0.2, 0.25) is 5.02 Å². The van der Waals surface area contributed by atoms with E-state index < -0.39 is 6.04 Å². The third kappa shape index (κ3) is 7.43. The van der Waals surface area contributed by atoms with E-state index in [1.165, 1.54) is 0 Å². The number of nitrogens with one attached hydrogen (secondary N) is 1. The zero-order valence-electron chi connectivity index (χ0n) is 18.0. The first-order valence-corrected chi connectivity index (χ1v) is 11.3. The minimum absolute atomic E-state index is 0.168. The van der Waals surface area contributed by atoms with Crippen LogP contribution in [-0.4, -0.2) is 43.0 Å². The van der Waals surface area contributed by atoms with Crippen molar-refractivity contribution in [2.45, 2.75) is 39.3 Å². The van der Waals surface area contributed by atoms with Crippen molar-refractivity contribution >= 4 is 39.3 Å². The SMILES string of the molecule is CCCNC(=O)[C@@H](CC)N(Cc1ccc(OC)cc1)C(=O)COc1ccc(Cl)cc1Br. The molecule has 0 saturated heterocycles. The molecule has 168 valence electrons. The summed E-state index contributed by atoms with van der Waals surface area (Å²) in [6, 6.07) is 11.9. The van der Waals surface area contributed by atoms with Gasteiger partial charge in [-0.1, -0.05) is 37.6 Å². The first-order chi connectivity index (χ1) is 14.9. The van der Waals surface area contributed by atoms with Crippen molar-refractivity contribution in [1.82, 2.24) is 10.2 Å². The third-order valence-electron chi connectivity index (χ3n) is 4.69. The van der Waals surface area contributed by atoms with Gasteiger partial charge in [0.05, 0.1) is 11.6 Å². The molecule has 0 aliphatic rings. The van der Waals surface area contributed by atoms with Crippen molar-refractivity contribution in [2.75, 3.05) is 20.3 Å². The number of amides is 2. The van der Waals surface area contributed by atoms with Crippen molar-refractivity contribution in [3.05, 3.63) is 57.5 Å². The topological polar surface area (TPSA) is 67.9 Å². The van der Waals surface area contributed by atoms with E-state index in [0.717, 1.165) is 17.7 Å². The summed E-state index contributed by atoms with van der Waals surface area (Å²) in [5, 5.41) is 3.46. The Balaban J connectivity index is 2.20. The Morgan fingerprint density at radius 1 is 1.16 bits per heavy atom. The van der Waals surface area contributed by atoms with E-state index in [9.17, 15) is 9.59 Å². The quantitative estimate of drug-likeness (QED) is 0.469. The maximum atomic E-state index is 13.2. The van der Waals surface area contributed by atoms with E-state index in [0.29, 0.717) is 28.2 Å². The Hall–Kier alpha value is -2.25. The molecule has 2 aromatic rings. The molecule has 0 aliphatic heterocycles. The van der Waals surface area contributed by atoms with Gasteiger partial charge in [0, 0.05) is 18.1 Å². The van der Waals surface area contributed by atoms with Gasteiger partial charge in [-0.3, -0.25) is 9.59 Å². The largest absolute Gasteiger partial charge is 0.497 e. The van der Waals surface area contributed by atoms with E-state index in [4.69, 9.17) is 21.1 Å². The number of halogens is 2. The van der Waals surface area contributed by atoms with Crippen molar-refractivity contribution in [2.24, 2.45) is 0 Å². The highest BCUT2D eigenvalue weighted by Crippen LogP contribution is 2.28. The lowest BCUT2D eigenvalue weighted by Crippen LogP contribution is -2.50. The van der Waals surface area contributed by atoms with Crippen molar-refractivity contribution in [3.63, 3.8) is 0 Å². The molecule has 2 rings (SSSR count). The molecule has 2 aromatic carbocycles. The van der Waals surface area contributed by atoms with Crippen LogP contribution in [0.4, 0.5) is 0 Å². The lowest BCUT2D eigenvalue weighted by Gasteiger charge is -2.30. The van der Waals surface area contributed by atoms with Crippen LogP contribution in [0.25, 0.3) is 0 Å². The number of ether oxygens (including phenoxy) is 2. The predicted molar refractivity (Wildman–Crippen MR) is 126 cm³/mol. The number of methoxy groups -OCH3 is 1. The first kappa shape index (κ1) is 25.0. The zero-order chi connectivity index (χ0) is 22.8. The van der Waals surface area contributed by atoms with Gasteiger partial charge in [0.25, 0.3) is 5.91 Å². The van der Waals surface area contributed by atoms with Crippen molar-refractivity contribution in [1.29, 1.82) is 0 Å². The molecule has 0 fully saturated rings. The Morgan fingerprint density at radius 3 is 2.45 bits per heavy atom. The van der Waals surface area contributed by atoms with Crippen LogP contribution in [0.15, 0.2) is 46.9 Å². The van der Waals surface area contributed by atoms with Gasteiger partial charge in [-0.15, -0.1) is 0 Å². The van der Waals surface area contributed by atoms with E-state index in [1.807, 2.05) is 38.1 Å². The average molecular weight is 512 g/mol. The summed E-state index contributed by atoms with van der Waals surface area (Å²) in [5.41, 5.74) is 0.892. The van der Waals surface area contributed by atoms with E-state index in [2.05, 4.69) is 21.2 Å². The maximum absolute atomic E-state index is 13.2. The summed E-state index contributed by atoms with van der Waals surface area (Å²) >= 11 is 9.35. The second-order valence-electron chi connectivity index (χ2n) is 6.95. The second kappa shape index (κ2) is 12.6. The van der Waals surface area contributed by atoms with Gasteiger partial charge in [-0.2, -0.15) is 0 Å². The van der Waals surface area contributed by atoms with Crippen LogP contribution < -0.4 is 14.8 Å². The number of benzene rings is 2. The summed E-state index contributed by atoms with van der Waals surface area (Å²) < 4.78 is 11.6. The van der Waals surface area contributed by atoms with Gasteiger partial charge < -0.3 is 19.7 Å². The zero-order valence-corrected chi connectivity index (χ0v) is 20.3. The number of carbonyl (C=O) groups excluding carboxylic acids is 2. The van der Waals surface area contributed by atoms with Crippen LogP contribution in [0.3, 0.4) is 0 Å². The van der Waals surface area contributed by atoms with Gasteiger partial charge in [0.1, 0.15) is 17.5 Å². The molecule has 0 bridgehead atoms. The van der Waals surface area contributed by atoms with Crippen molar-refractivity contribution in [3.8, 4) is 11.5 Å². The van der Waals surface area contributed by atoms with E-state index >= 15 is 0 Å². The Kier molecular flexibility index (Phi) is 10.1. The summed E-state index contributed by atoms with van der Waals surface area (Å²) in [4.78, 5) is 27.5. The van der Waals surface area contributed by atoms with Crippen molar-refractivity contribution < 1.29 is 19.1 Å². The van der Waals surface area contributed by atoms with E-state index in [-0.39, 0.29) is 25.0 Å². The average Bonchev–Trinajstić information content (AvgIpc) is 2.77. The fourth-order valence-electron chi connectivity index (χ4n) is 3.03. The summed E-state index contributed by atoms with van der Waals surface area (Å²) in [7, 11) is 1.60. The van der Waals surface area contributed by atoms with Gasteiger partial charge in [-0.25, -0.2) is 0 Å². The molecule has 6 nitrogen and oxygen atoms in total. The molecule has 1 N–H and O–H groups in total. The number of carbonyl (C=O) groups is 2. The normalized spacial score (nSPS) is 11.5. The number of hydrogen-bond acceptors (Lipinski definition) is 4. The fraction of sp³-hybridized carbons (Fsp3) is 0.391. The highest BCUT2D eigenvalue weighted by atomic mass is 79.9. The number of hydrogen-bond donors (Lipinski definition) is 1. The molecular weight excluding hydrogens is 484 g/mol. The summed E-state index contributed by atoms with van der Waals surface area (Å²) in [5.74, 6) is 0.783. The maximum Gasteiger partial charge on any atom is 0.261 e. The molecule has 2 amide bonds. The minimum atomic E-state index is -0.599. The minimum Gasteiger partial charge on any atom is -0.497 e. The van der Waals surface area contributed by atoms with E-state index in [1.54, 1.807) is 30.2 Å². The number of nitrogens with zero attached hydrogens (tertiary/aromatic N) is 1. The monoisotopic (exact) mass is 510 g/mol. The van der Waals surface area contributed by atoms with Crippen LogP contribution in [0.5, 0.6) is 11.5 Å². The van der Waals surface area contributed by atoms with Crippen LogP contribution in [-0.2, 0) is 16.1 Å². The lowest BCUT2D eigenvalue weighted by molar-refractivity contribution is -0.143. The summed E-state index contributed by atoms with van der Waals surface area (Å²) in [6.07, 6.45) is 1.31. The van der Waals surface area contributed by atoms with Crippen LogP contribution >= 0.6 is 27.5 Å². The second-order valence-corrected chi connectivity index (χ2v) is 8.24. The summed E-state index contributed by atoms with van der Waals surface area (Å²) in [6.45, 7) is 4.52. The molecule has 0 aliphatic carbocycles. The molecule has 0 aromatic heterocycles. The smallest absolute Gasteiger partial charge is 0.261 e. The molecular formula is C23H28BrClN2O4. The number of rotatable bonds is 11. The van der Waals surface area contributed by atoms with Gasteiger partial charge in [-0.05, 0) is 64.7 Å². The Labute approximate surface area is 197 Å². The van der Waals surface area contributed by atoms with Gasteiger partial charge in [0.2, 0.25) is 5.91 Å². The van der Waals surface area contributed by atoms with Gasteiger partial charge in [0.15, 0.2) is 6.61 Å². The Morgan fingerprint density at radius 2 is 1.87 bits per heavy atom. The Bertz CT molecular complexity index is 876. The molecule has 0 radical (unpaired) electrons. The standard InChI is InChI=1S/C23H28BrClN2O4/c1-4-12-26-23(29)20(5-2)27(14-16-6-9-18(30-3)10-7-16)22(28)15-31-21-11-8-17(25)13-19(21)24/h6-11,13,20H,4-5,12,14-15H2,1-3H3,(H,26,29)/t20-/m1/s1. The fourth-order valence-corrected chi connectivity index (χ4v) is 3.82. The highest BCUT2D eigenvalue weighted by molar-refractivity contribution is 9.10. The molecule has 8 heteroatoms.